The Morgan fingerprint density at radius 2 is 1.73 bits per heavy atom. The minimum atomic E-state index is -0.764. The lowest BCUT2D eigenvalue weighted by Crippen LogP contribution is -2.53. The Balaban J connectivity index is 1.50. The van der Waals surface area contributed by atoms with Gasteiger partial charge in [-0.3, -0.25) is 14.4 Å². The minimum Gasteiger partial charge on any atom is -0.396 e. The van der Waals surface area contributed by atoms with Gasteiger partial charge in [-0.05, 0) is 24.8 Å². The topological polar surface area (TPSA) is 81.2 Å². The van der Waals surface area contributed by atoms with Crippen molar-refractivity contribution in [3.63, 3.8) is 0 Å². The number of amides is 3. The zero-order valence-electron chi connectivity index (χ0n) is 21.5. The van der Waals surface area contributed by atoms with E-state index in [1.807, 2.05) is 52.3 Å². The number of aliphatic hydroxyl groups excluding tert-OH is 1. The van der Waals surface area contributed by atoms with Crippen molar-refractivity contribution in [3.8, 4) is 0 Å². The van der Waals surface area contributed by atoms with E-state index in [2.05, 4.69) is 19.1 Å². The molecule has 0 bridgehead atoms. The molecule has 4 aliphatic rings. The number of aliphatic hydroxyl groups is 1. The molecule has 37 heavy (non-hydrogen) atoms. The number of unbranched alkanes of at least 4 members (excludes halogenated alkanes) is 2. The Hall–Kier alpha value is -2.58. The predicted molar refractivity (Wildman–Crippen MR) is 145 cm³/mol. The van der Waals surface area contributed by atoms with E-state index >= 15 is 0 Å². The first-order valence-corrected chi connectivity index (χ1v) is 14.4. The van der Waals surface area contributed by atoms with Crippen LogP contribution in [0.2, 0.25) is 0 Å². The fraction of sp³-hybridized carbons (Fsp3) is 0.552. The van der Waals surface area contributed by atoms with E-state index in [1.54, 1.807) is 16.7 Å². The lowest BCUT2D eigenvalue weighted by atomic mass is 9.78. The van der Waals surface area contributed by atoms with Crippen LogP contribution in [-0.2, 0) is 20.9 Å². The molecule has 1 N–H and O–H groups in total. The van der Waals surface area contributed by atoms with E-state index in [0.29, 0.717) is 45.6 Å². The number of hydrogen-bond donors (Lipinski definition) is 1. The number of fused-ring (bicyclic) bond motifs is 2. The van der Waals surface area contributed by atoms with Gasteiger partial charge in [-0.1, -0.05) is 68.0 Å². The van der Waals surface area contributed by atoms with E-state index in [9.17, 15) is 19.5 Å². The molecule has 4 heterocycles. The van der Waals surface area contributed by atoms with E-state index in [4.69, 9.17) is 0 Å². The summed E-state index contributed by atoms with van der Waals surface area (Å²) in [5.41, 5.74) is 1.06. The Morgan fingerprint density at radius 1 is 0.946 bits per heavy atom. The van der Waals surface area contributed by atoms with Gasteiger partial charge in [0, 0.05) is 44.6 Å². The van der Waals surface area contributed by atoms with Crippen molar-refractivity contribution >= 4 is 29.5 Å². The van der Waals surface area contributed by atoms with Gasteiger partial charge in [0.2, 0.25) is 17.7 Å². The maximum atomic E-state index is 14.1. The van der Waals surface area contributed by atoms with Crippen LogP contribution in [0.3, 0.4) is 0 Å². The highest BCUT2D eigenvalue weighted by Gasteiger charge is 2.70. The summed E-state index contributed by atoms with van der Waals surface area (Å²) >= 11 is 1.63. The van der Waals surface area contributed by atoms with E-state index in [0.717, 1.165) is 18.4 Å². The fourth-order valence-electron chi connectivity index (χ4n) is 6.37. The van der Waals surface area contributed by atoms with E-state index in [1.165, 1.54) is 0 Å². The summed E-state index contributed by atoms with van der Waals surface area (Å²) in [7, 11) is 0. The first-order chi connectivity index (χ1) is 18.0. The predicted octanol–water partition coefficient (Wildman–Crippen LogP) is 2.85. The molecule has 2 saturated heterocycles. The Kier molecular flexibility index (Phi) is 7.77. The molecule has 3 amide bonds. The first-order valence-electron chi connectivity index (χ1n) is 13.6. The molecule has 0 aliphatic carbocycles. The monoisotopic (exact) mass is 523 g/mol. The second kappa shape index (κ2) is 11.0. The number of carbonyl (C=O) groups is 3. The molecule has 1 aromatic rings. The van der Waals surface area contributed by atoms with Gasteiger partial charge >= 0.3 is 0 Å². The van der Waals surface area contributed by atoms with Gasteiger partial charge in [0.25, 0.3) is 0 Å². The van der Waals surface area contributed by atoms with Gasteiger partial charge in [0.05, 0.1) is 16.6 Å². The number of hydrogen-bond acceptors (Lipinski definition) is 5. The molecule has 198 valence electrons. The van der Waals surface area contributed by atoms with Crippen molar-refractivity contribution in [2.75, 3.05) is 32.8 Å². The lowest BCUT2D eigenvalue weighted by molar-refractivity contribution is -0.144. The highest BCUT2D eigenvalue weighted by atomic mass is 32.2. The minimum absolute atomic E-state index is 0.00882. The van der Waals surface area contributed by atoms with Crippen LogP contribution >= 0.6 is 11.8 Å². The van der Waals surface area contributed by atoms with Crippen molar-refractivity contribution in [1.29, 1.82) is 0 Å². The SMILES string of the molecule is CCCCN1CC=C[C@]23S[C@@H]4C=CCN(Cc5ccccc5)C(=O)[C@@H]4[C@H]2C(=O)N(CCCCO)C3C1=O. The molecule has 2 fully saturated rings. The average Bonchev–Trinajstić information content (AvgIpc) is 3.22. The molecule has 0 saturated carbocycles. The Morgan fingerprint density at radius 3 is 2.49 bits per heavy atom. The molecule has 5 rings (SSSR count). The summed E-state index contributed by atoms with van der Waals surface area (Å²) in [5.74, 6) is -1.21. The molecule has 1 unspecified atom stereocenters. The summed E-state index contributed by atoms with van der Waals surface area (Å²) in [6.45, 7) is 4.77. The van der Waals surface area contributed by atoms with Crippen molar-refractivity contribution in [2.24, 2.45) is 11.8 Å². The van der Waals surface area contributed by atoms with Crippen LogP contribution in [0.25, 0.3) is 0 Å². The second-order valence-corrected chi connectivity index (χ2v) is 12.0. The number of nitrogens with zero attached hydrogens (tertiary/aromatic N) is 3. The average molecular weight is 524 g/mol. The zero-order valence-corrected chi connectivity index (χ0v) is 22.3. The summed E-state index contributed by atoms with van der Waals surface area (Å²) < 4.78 is -0.764. The van der Waals surface area contributed by atoms with Crippen LogP contribution < -0.4 is 0 Å². The Labute approximate surface area is 223 Å². The standard InChI is InChI=1S/C29H37N3O4S/c1-2-3-15-30-17-10-14-29-24(27(35)32(18-7-8-19-33)25(29)28(30)36)23-22(37-29)13-9-16-31(26(23)34)20-21-11-5-4-6-12-21/h4-6,9-14,22-25,33H,2-3,7-8,15-20H2,1H3/t22-,23+,24+,25?,29+/m1/s1. The molecule has 4 aliphatic heterocycles. The molecule has 8 heteroatoms. The summed E-state index contributed by atoms with van der Waals surface area (Å²) in [4.78, 5) is 47.7. The van der Waals surface area contributed by atoms with Gasteiger partial charge < -0.3 is 19.8 Å². The molecule has 5 atom stereocenters. The second-order valence-electron chi connectivity index (χ2n) is 10.5. The van der Waals surface area contributed by atoms with Crippen LogP contribution in [0.5, 0.6) is 0 Å². The van der Waals surface area contributed by atoms with Gasteiger partial charge in [-0.15, -0.1) is 11.8 Å². The number of carbonyl (C=O) groups excluding carboxylic acids is 3. The van der Waals surface area contributed by atoms with Crippen LogP contribution in [0.1, 0.15) is 38.2 Å². The third-order valence-corrected chi connectivity index (χ3v) is 9.87. The largest absolute Gasteiger partial charge is 0.396 e. The van der Waals surface area contributed by atoms with Crippen LogP contribution in [0.4, 0.5) is 0 Å². The number of rotatable bonds is 9. The number of thioether (sulfide) groups is 1. The maximum absolute atomic E-state index is 14.1. The fourth-order valence-corrected chi connectivity index (χ4v) is 8.37. The van der Waals surface area contributed by atoms with E-state index in [-0.39, 0.29) is 29.6 Å². The van der Waals surface area contributed by atoms with Crippen molar-refractivity contribution in [2.45, 2.75) is 55.2 Å². The molecular formula is C29H37N3O4S. The van der Waals surface area contributed by atoms with E-state index < -0.39 is 22.6 Å². The third-order valence-electron chi connectivity index (χ3n) is 8.13. The highest BCUT2D eigenvalue weighted by molar-refractivity contribution is 8.02. The smallest absolute Gasteiger partial charge is 0.247 e. The highest BCUT2D eigenvalue weighted by Crippen LogP contribution is 2.61. The van der Waals surface area contributed by atoms with Crippen LogP contribution in [-0.4, -0.2) is 86.4 Å². The number of benzene rings is 1. The Bertz CT molecular complexity index is 1080. The first kappa shape index (κ1) is 26.0. The molecule has 1 spiro atoms. The molecule has 1 aromatic carbocycles. The molecular weight excluding hydrogens is 486 g/mol. The van der Waals surface area contributed by atoms with Crippen molar-refractivity contribution in [1.82, 2.24) is 14.7 Å². The van der Waals surface area contributed by atoms with Gasteiger partial charge in [0.1, 0.15) is 6.04 Å². The van der Waals surface area contributed by atoms with Gasteiger partial charge in [-0.25, -0.2) is 0 Å². The lowest BCUT2D eigenvalue weighted by Gasteiger charge is -2.35. The summed E-state index contributed by atoms with van der Waals surface area (Å²) in [6.07, 6.45) is 11.4. The van der Waals surface area contributed by atoms with Crippen LogP contribution in [0, 0.1) is 11.8 Å². The summed E-state index contributed by atoms with van der Waals surface area (Å²) in [6, 6.07) is 9.31. The molecule has 0 aromatic heterocycles. The normalized spacial score (nSPS) is 30.9. The quantitative estimate of drug-likeness (QED) is 0.398. The molecule has 7 nitrogen and oxygen atoms in total. The summed E-state index contributed by atoms with van der Waals surface area (Å²) in [5, 5.41) is 9.20. The van der Waals surface area contributed by atoms with Crippen molar-refractivity contribution < 1.29 is 19.5 Å². The van der Waals surface area contributed by atoms with Crippen LogP contribution in [0.15, 0.2) is 54.6 Å². The molecule has 0 radical (unpaired) electrons. The number of likely N-dealkylation sites (tertiary alicyclic amines) is 1. The zero-order chi connectivity index (χ0) is 26.0. The van der Waals surface area contributed by atoms with Crippen molar-refractivity contribution in [3.05, 3.63) is 60.2 Å². The third kappa shape index (κ3) is 4.63. The van der Waals surface area contributed by atoms with Gasteiger partial charge in [0.15, 0.2) is 0 Å². The maximum Gasteiger partial charge on any atom is 0.247 e. The van der Waals surface area contributed by atoms with Gasteiger partial charge in [-0.2, -0.15) is 0 Å².